The lowest BCUT2D eigenvalue weighted by molar-refractivity contribution is -0.146. The standard InChI is InChI=1S/C11H9F3O/c12-9-3-1-2-8(4-9)10(7-15)5-11(13,14)6-10/h1-4,7H,5-6H2. The maximum atomic E-state index is 12.9. The van der Waals surface area contributed by atoms with Crippen molar-refractivity contribution in [2.75, 3.05) is 0 Å². The number of rotatable bonds is 2. The first-order valence-corrected chi connectivity index (χ1v) is 4.58. The topological polar surface area (TPSA) is 17.1 Å². The van der Waals surface area contributed by atoms with E-state index in [1.807, 2.05) is 0 Å². The van der Waals surface area contributed by atoms with Gasteiger partial charge >= 0.3 is 0 Å². The first kappa shape index (κ1) is 10.2. The molecule has 1 fully saturated rings. The van der Waals surface area contributed by atoms with Crippen molar-refractivity contribution in [2.45, 2.75) is 24.2 Å². The van der Waals surface area contributed by atoms with Gasteiger partial charge in [0.15, 0.2) is 0 Å². The third-order valence-corrected chi connectivity index (χ3v) is 2.77. The van der Waals surface area contributed by atoms with E-state index in [2.05, 4.69) is 0 Å². The molecular formula is C11H9F3O. The molecule has 0 unspecified atom stereocenters. The fraction of sp³-hybridized carbons (Fsp3) is 0.364. The highest BCUT2D eigenvalue weighted by molar-refractivity contribution is 5.71. The maximum Gasteiger partial charge on any atom is 0.250 e. The van der Waals surface area contributed by atoms with Gasteiger partial charge in [0.2, 0.25) is 0 Å². The molecule has 2 rings (SSSR count). The quantitative estimate of drug-likeness (QED) is 0.692. The molecule has 1 aromatic rings. The lowest BCUT2D eigenvalue weighted by Gasteiger charge is -2.43. The molecule has 0 aromatic heterocycles. The summed E-state index contributed by atoms with van der Waals surface area (Å²) in [4.78, 5) is 10.9. The molecule has 0 heterocycles. The minimum absolute atomic E-state index is 0.337. The third-order valence-electron chi connectivity index (χ3n) is 2.77. The molecule has 0 atom stereocenters. The molecule has 0 saturated heterocycles. The molecule has 1 aliphatic carbocycles. The first-order chi connectivity index (χ1) is 6.97. The summed E-state index contributed by atoms with van der Waals surface area (Å²) >= 11 is 0. The monoisotopic (exact) mass is 214 g/mol. The third kappa shape index (κ3) is 1.64. The SMILES string of the molecule is O=CC1(c2cccc(F)c2)CC(F)(F)C1. The van der Waals surface area contributed by atoms with Crippen LogP contribution >= 0.6 is 0 Å². The molecule has 0 radical (unpaired) electrons. The van der Waals surface area contributed by atoms with E-state index in [1.165, 1.54) is 18.2 Å². The van der Waals surface area contributed by atoms with Gasteiger partial charge in [-0.05, 0) is 17.7 Å². The largest absolute Gasteiger partial charge is 0.302 e. The van der Waals surface area contributed by atoms with Gasteiger partial charge in [0.25, 0.3) is 5.92 Å². The lowest BCUT2D eigenvalue weighted by atomic mass is 9.63. The van der Waals surface area contributed by atoms with Crippen LogP contribution < -0.4 is 0 Å². The van der Waals surface area contributed by atoms with Crippen molar-refractivity contribution in [2.24, 2.45) is 0 Å². The molecule has 0 bridgehead atoms. The van der Waals surface area contributed by atoms with Crippen LogP contribution in [-0.4, -0.2) is 12.2 Å². The predicted molar refractivity (Wildman–Crippen MR) is 48.3 cm³/mol. The van der Waals surface area contributed by atoms with Crippen LogP contribution in [0.15, 0.2) is 24.3 Å². The van der Waals surface area contributed by atoms with Crippen LogP contribution in [0.2, 0.25) is 0 Å². The number of aldehydes is 1. The van der Waals surface area contributed by atoms with Crippen molar-refractivity contribution in [3.8, 4) is 0 Å². The summed E-state index contributed by atoms with van der Waals surface area (Å²) in [5, 5.41) is 0. The van der Waals surface area contributed by atoms with Crippen LogP contribution in [0.3, 0.4) is 0 Å². The van der Waals surface area contributed by atoms with E-state index in [1.54, 1.807) is 0 Å². The number of halogens is 3. The van der Waals surface area contributed by atoms with Crippen LogP contribution in [-0.2, 0) is 10.2 Å². The number of alkyl halides is 2. The van der Waals surface area contributed by atoms with Crippen LogP contribution in [0.5, 0.6) is 0 Å². The summed E-state index contributed by atoms with van der Waals surface area (Å²) in [5.74, 6) is -3.31. The second kappa shape index (κ2) is 3.08. The van der Waals surface area contributed by atoms with Crippen molar-refractivity contribution in [3.63, 3.8) is 0 Å². The molecule has 4 heteroatoms. The second-order valence-corrected chi connectivity index (χ2v) is 3.99. The van der Waals surface area contributed by atoms with E-state index >= 15 is 0 Å². The molecule has 1 aliphatic rings. The van der Waals surface area contributed by atoms with Crippen molar-refractivity contribution >= 4 is 6.29 Å². The van der Waals surface area contributed by atoms with Crippen molar-refractivity contribution < 1.29 is 18.0 Å². The van der Waals surface area contributed by atoms with Gasteiger partial charge in [-0.2, -0.15) is 0 Å². The number of carbonyl (C=O) groups is 1. The van der Waals surface area contributed by atoms with Crippen molar-refractivity contribution in [3.05, 3.63) is 35.6 Å². The number of benzene rings is 1. The Morgan fingerprint density at radius 3 is 2.40 bits per heavy atom. The number of carbonyl (C=O) groups excluding carboxylic acids is 1. The molecule has 1 nitrogen and oxygen atoms in total. The minimum atomic E-state index is -2.80. The molecule has 0 aliphatic heterocycles. The smallest absolute Gasteiger partial charge is 0.250 e. The normalized spacial score (nSPS) is 21.8. The fourth-order valence-corrected chi connectivity index (χ4v) is 2.02. The maximum absolute atomic E-state index is 12.9. The zero-order valence-corrected chi connectivity index (χ0v) is 7.84. The zero-order chi connectivity index (χ0) is 11.1. The molecular weight excluding hydrogens is 205 g/mol. The van der Waals surface area contributed by atoms with E-state index in [9.17, 15) is 18.0 Å². The van der Waals surface area contributed by atoms with Gasteiger partial charge in [0.1, 0.15) is 12.1 Å². The summed E-state index contributed by atoms with van der Waals surface area (Å²) in [6.07, 6.45) is -0.543. The Hall–Kier alpha value is -1.32. The van der Waals surface area contributed by atoms with E-state index in [-0.39, 0.29) is 0 Å². The highest BCUT2D eigenvalue weighted by Gasteiger charge is 2.57. The Balaban J connectivity index is 2.33. The van der Waals surface area contributed by atoms with E-state index in [0.29, 0.717) is 11.8 Å². The van der Waals surface area contributed by atoms with Crippen LogP contribution in [0.25, 0.3) is 0 Å². The first-order valence-electron chi connectivity index (χ1n) is 4.58. The molecule has 80 valence electrons. The molecule has 1 saturated carbocycles. The zero-order valence-electron chi connectivity index (χ0n) is 7.84. The van der Waals surface area contributed by atoms with Gasteiger partial charge in [-0.15, -0.1) is 0 Å². The highest BCUT2D eigenvalue weighted by atomic mass is 19.3. The average molecular weight is 214 g/mol. The lowest BCUT2D eigenvalue weighted by Crippen LogP contribution is -2.50. The average Bonchev–Trinajstić information content (AvgIpc) is 2.13. The Bertz CT molecular complexity index is 393. The van der Waals surface area contributed by atoms with Gasteiger partial charge < -0.3 is 4.79 Å². The van der Waals surface area contributed by atoms with E-state index in [0.717, 1.165) is 6.07 Å². The summed E-state index contributed by atoms with van der Waals surface area (Å²) in [6.45, 7) is 0. The van der Waals surface area contributed by atoms with Crippen molar-refractivity contribution in [1.82, 2.24) is 0 Å². The van der Waals surface area contributed by atoms with Crippen molar-refractivity contribution in [1.29, 1.82) is 0 Å². The van der Waals surface area contributed by atoms with Crippen LogP contribution in [0, 0.1) is 5.82 Å². The minimum Gasteiger partial charge on any atom is -0.302 e. The van der Waals surface area contributed by atoms with Gasteiger partial charge in [0, 0.05) is 12.8 Å². The predicted octanol–water partition coefficient (Wildman–Crippen LogP) is 2.69. The van der Waals surface area contributed by atoms with Gasteiger partial charge in [-0.25, -0.2) is 13.2 Å². The van der Waals surface area contributed by atoms with E-state index in [4.69, 9.17) is 0 Å². The van der Waals surface area contributed by atoms with E-state index < -0.39 is 30.0 Å². The summed E-state index contributed by atoms with van der Waals surface area (Å²) in [5.41, 5.74) is -0.852. The Morgan fingerprint density at radius 2 is 1.93 bits per heavy atom. The molecule has 0 spiro atoms. The number of hydrogen-bond donors (Lipinski definition) is 0. The Kier molecular flexibility index (Phi) is 2.10. The fourth-order valence-electron chi connectivity index (χ4n) is 2.02. The summed E-state index contributed by atoms with van der Waals surface area (Å²) < 4.78 is 38.4. The summed E-state index contributed by atoms with van der Waals surface area (Å²) in [7, 11) is 0. The van der Waals surface area contributed by atoms with Gasteiger partial charge in [-0.3, -0.25) is 0 Å². The Labute approximate surface area is 84.9 Å². The van der Waals surface area contributed by atoms with Gasteiger partial charge in [-0.1, -0.05) is 12.1 Å². The Morgan fingerprint density at radius 1 is 1.27 bits per heavy atom. The molecule has 0 amide bonds. The van der Waals surface area contributed by atoms with Crippen LogP contribution in [0.4, 0.5) is 13.2 Å². The second-order valence-electron chi connectivity index (χ2n) is 3.99. The highest BCUT2D eigenvalue weighted by Crippen LogP contribution is 2.52. The van der Waals surface area contributed by atoms with Gasteiger partial charge in [0.05, 0.1) is 5.41 Å². The van der Waals surface area contributed by atoms with Crippen LogP contribution in [0.1, 0.15) is 18.4 Å². The molecule has 0 N–H and O–H groups in total. The number of hydrogen-bond acceptors (Lipinski definition) is 1. The molecule has 15 heavy (non-hydrogen) atoms. The summed E-state index contributed by atoms with van der Waals surface area (Å²) in [6, 6.07) is 5.29. The molecule has 1 aromatic carbocycles.